The SMILES string of the molecule is CCCCCCCCOc1ccc(C(=O)Oc2ccc(C(=O)OCc3ccc(OC(=O)c4ccc(OC(=O)c5ccc(OCCCCCCCC)cc5)cc4)cc3)cc2)cc1. The van der Waals surface area contributed by atoms with Gasteiger partial charge in [-0.25, -0.2) is 19.2 Å². The zero-order chi connectivity index (χ0) is 43.1. The molecule has 5 rings (SSSR count). The van der Waals surface area contributed by atoms with Crippen molar-refractivity contribution in [3.8, 4) is 28.7 Å². The normalized spacial score (nSPS) is 10.7. The van der Waals surface area contributed by atoms with Crippen LogP contribution in [0.2, 0.25) is 0 Å². The standard InChI is InChI=1S/C51H56O10/c1-3-5-7-9-11-13-35-56-43-27-17-40(18-28-43)49(53)60-46-31-21-39(22-32-46)48(52)58-37-38-15-25-45(26-16-38)59-51(55)42-23-33-47(34-24-42)61-50(54)41-19-29-44(30-20-41)57-36-14-12-10-8-6-4-2/h15-34H,3-14,35-37H2,1-2H3. The van der Waals surface area contributed by atoms with Gasteiger partial charge in [-0.15, -0.1) is 0 Å². The summed E-state index contributed by atoms with van der Waals surface area (Å²) in [6.45, 7) is 5.67. The number of carbonyl (C=O) groups excluding carboxylic acids is 4. The first-order valence-corrected chi connectivity index (χ1v) is 21.4. The highest BCUT2D eigenvalue weighted by Crippen LogP contribution is 2.22. The number of benzene rings is 5. The Labute approximate surface area is 359 Å². The van der Waals surface area contributed by atoms with Gasteiger partial charge in [-0.1, -0.05) is 90.2 Å². The largest absolute Gasteiger partial charge is 0.494 e. The molecule has 10 nitrogen and oxygen atoms in total. The highest BCUT2D eigenvalue weighted by molar-refractivity contribution is 5.93. The fraction of sp³-hybridized carbons (Fsp3) is 0.333. The molecule has 5 aromatic rings. The summed E-state index contributed by atoms with van der Waals surface area (Å²) in [6, 6.07) is 32.4. The van der Waals surface area contributed by atoms with Crippen molar-refractivity contribution in [3.05, 3.63) is 149 Å². The van der Waals surface area contributed by atoms with Crippen LogP contribution in [-0.2, 0) is 11.3 Å². The molecule has 0 bridgehead atoms. The molecule has 0 radical (unpaired) electrons. The van der Waals surface area contributed by atoms with Crippen molar-refractivity contribution in [2.45, 2.75) is 97.5 Å². The molecule has 0 aliphatic rings. The van der Waals surface area contributed by atoms with Crippen LogP contribution in [0.4, 0.5) is 0 Å². The van der Waals surface area contributed by atoms with E-state index in [1.165, 1.54) is 99.9 Å². The molecule has 0 aliphatic carbocycles. The lowest BCUT2D eigenvalue weighted by atomic mass is 10.1. The maximum absolute atomic E-state index is 12.8. The minimum atomic E-state index is -0.593. The Hall–Kier alpha value is -6.42. The van der Waals surface area contributed by atoms with Gasteiger partial charge >= 0.3 is 23.9 Å². The maximum atomic E-state index is 12.8. The minimum absolute atomic E-state index is 0.0141. The molecule has 10 heteroatoms. The smallest absolute Gasteiger partial charge is 0.343 e. The summed E-state index contributed by atoms with van der Waals surface area (Å²) >= 11 is 0. The van der Waals surface area contributed by atoms with Crippen molar-refractivity contribution in [1.82, 2.24) is 0 Å². The summed E-state index contributed by atoms with van der Waals surface area (Å²) in [5, 5.41) is 0. The van der Waals surface area contributed by atoms with Crippen molar-refractivity contribution in [1.29, 1.82) is 0 Å². The highest BCUT2D eigenvalue weighted by atomic mass is 16.5. The average molecular weight is 829 g/mol. The predicted molar refractivity (Wildman–Crippen MR) is 234 cm³/mol. The van der Waals surface area contributed by atoms with Gasteiger partial charge in [0.2, 0.25) is 0 Å². The van der Waals surface area contributed by atoms with Crippen molar-refractivity contribution in [3.63, 3.8) is 0 Å². The molecule has 0 aromatic heterocycles. The summed E-state index contributed by atoms with van der Waals surface area (Å²) in [4.78, 5) is 50.9. The van der Waals surface area contributed by atoms with Gasteiger partial charge in [-0.2, -0.15) is 0 Å². The number of hydrogen-bond donors (Lipinski definition) is 0. The molecule has 0 unspecified atom stereocenters. The first-order chi connectivity index (χ1) is 29.8. The number of hydrogen-bond acceptors (Lipinski definition) is 10. The maximum Gasteiger partial charge on any atom is 0.343 e. The van der Waals surface area contributed by atoms with Crippen LogP contribution in [0.15, 0.2) is 121 Å². The quantitative estimate of drug-likeness (QED) is 0.0319. The molecule has 0 atom stereocenters. The van der Waals surface area contributed by atoms with Gasteiger partial charge in [0.05, 0.1) is 35.5 Å². The van der Waals surface area contributed by atoms with E-state index in [2.05, 4.69) is 13.8 Å². The first kappa shape index (κ1) is 45.7. The van der Waals surface area contributed by atoms with Crippen LogP contribution in [0, 0.1) is 0 Å². The summed E-state index contributed by atoms with van der Waals surface area (Å²) < 4.78 is 33.5. The number of rotatable bonds is 25. The molecule has 0 aliphatic heterocycles. The predicted octanol–water partition coefficient (Wildman–Crippen LogP) is 12.2. The van der Waals surface area contributed by atoms with Crippen LogP contribution < -0.4 is 23.7 Å². The number of ether oxygens (including phenoxy) is 6. The molecule has 0 N–H and O–H groups in total. The van der Waals surface area contributed by atoms with Crippen LogP contribution in [-0.4, -0.2) is 37.1 Å². The van der Waals surface area contributed by atoms with E-state index in [0.29, 0.717) is 47.2 Å². The molecule has 0 amide bonds. The second kappa shape index (κ2) is 25.3. The molecule has 320 valence electrons. The Morgan fingerprint density at radius 3 is 1.00 bits per heavy atom. The lowest BCUT2D eigenvalue weighted by Crippen LogP contribution is -2.10. The zero-order valence-electron chi connectivity index (χ0n) is 35.2. The van der Waals surface area contributed by atoms with Gasteiger partial charge in [0.25, 0.3) is 0 Å². The summed E-state index contributed by atoms with van der Waals surface area (Å²) in [5.41, 5.74) is 2.00. The van der Waals surface area contributed by atoms with Gasteiger partial charge in [0.15, 0.2) is 0 Å². The Morgan fingerprint density at radius 1 is 0.344 bits per heavy atom. The molecule has 0 saturated heterocycles. The van der Waals surface area contributed by atoms with E-state index in [0.717, 1.165) is 25.7 Å². The van der Waals surface area contributed by atoms with Crippen molar-refractivity contribution >= 4 is 23.9 Å². The van der Waals surface area contributed by atoms with Crippen LogP contribution in [0.25, 0.3) is 0 Å². The molecular formula is C51H56O10. The van der Waals surface area contributed by atoms with Gasteiger partial charge in [0.1, 0.15) is 35.4 Å². The van der Waals surface area contributed by atoms with Gasteiger partial charge in [-0.3, -0.25) is 0 Å². The molecule has 0 fully saturated rings. The van der Waals surface area contributed by atoms with Crippen LogP contribution in [0.3, 0.4) is 0 Å². The molecule has 61 heavy (non-hydrogen) atoms. The molecule has 0 saturated carbocycles. The lowest BCUT2D eigenvalue weighted by molar-refractivity contribution is 0.0472. The number of carbonyl (C=O) groups is 4. The number of esters is 4. The van der Waals surface area contributed by atoms with Crippen LogP contribution in [0.1, 0.15) is 138 Å². The molecule has 5 aromatic carbocycles. The van der Waals surface area contributed by atoms with Gasteiger partial charge < -0.3 is 28.4 Å². The Morgan fingerprint density at radius 2 is 0.639 bits per heavy atom. The van der Waals surface area contributed by atoms with Gasteiger partial charge in [-0.05, 0) is 128 Å². The summed E-state index contributed by atoms with van der Waals surface area (Å²) in [5.74, 6) is 0.0802. The molecule has 0 heterocycles. The van der Waals surface area contributed by atoms with E-state index >= 15 is 0 Å². The van der Waals surface area contributed by atoms with E-state index in [1.807, 2.05) is 0 Å². The molecular weight excluding hydrogens is 773 g/mol. The second-order valence-corrected chi connectivity index (χ2v) is 14.7. The summed E-state index contributed by atoms with van der Waals surface area (Å²) in [6.07, 6.45) is 14.2. The molecule has 0 spiro atoms. The second-order valence-electron chi connectivity index (χ2n) is 14.7. The third kappa shape index (κ3) is 15.9. The van der Waals surface area contributed by atoms with E-state index in [1.54, 1.807) is 72.8 Å². The van der Waals surface area contributed by atoms with Crippen molar-refractivity contribution in [2.75, 3.05) is 13.2 Å². The van der Waals surface area contributed by atoms with E-state index < -0.39 is 23.9 Å². The third-order valence-electron chi connectivity index (χ3n) is 9.82. The lowest BCUT2D eigenvalue weighted by Gasteiger charge is -2.09. The van der Waals surface area contributed by atoms with E-state index in [-0.39, 0.29) is 29.2 Å². The van der Waals surface area contributed by atoms with Crippen molar-refractivity contribution < 1.29 is 47.6 Å². The van der Waals surface area contributed by atoms with Gasteiger partial charge in [0, 0.05) is 0 Å². The minimum Gasteiger partial charge on any atom is -0.494 e. The van der Waals surface area contributed by atoms with E-state index in [4.69, 9.17) is 28.4 Å². The first-order valence-electron chi connectivity index (χ1n) is 21.4. The Bertz CT molecular complexity index is 2090. The van der Waals surface area contributed by atoms with Crippen molar-refractivity contribution in [2.24, 2.45) is 0 Å². The summed E-state index contributed by atoms with van der Waals surface area (Å²) in [7, 11) is 0. The third-order valence-corrected chi connectivity index (χ3v) is 9.82. The average Bonchev–Trinajstić information content (AvgIpc) is 3.29. The Balaban J connectivity index is 0.988. The van der Waals surface area contributed by atoms with Crippen LogP contribution >= 0.6 is 0 Å². The highest BCUT2D eigenvalue weighted by Gasteiger charge is 2.14. The Kier molecular flexibility index (Phi) is 18.9. The van der Waals surface area contributed by atoms with Crippen LogP contribution in [0.5, 0.6) is 28.7 Å². The fourth-order valence-corrected chi connectivity index (χ4v) is 6.22. The fourth-order valence-electron chi connectivity index (χ4n) is 6.22. The zero-order valence-corrected chi connectivity index (χ0v) is 35.2. The number of unbranched alkanes of at least 4 members (excludes halogenated alkanes) is 10. The monoisotopic (exact) mass is 828 g/mol. The van der Waals surface area contributed by atoms with E-state index in [9.17, 15) is 19.2 Å². The topological polar surface area (TPSA) is 124 Å².